The van der Waals surface area contributed by atoms with Crippen LogP contribution in [0.1, 0.15) is 20.3 Å². The van der Waals surface area contributed by atoms with E-state index in [4.69, 9.17) is 15.9 Å². The first-order valence-corrected chi connectivity index (χ1v) is 3.60. The van der Waals surface area contributed by atoms with E-state index in [0.29, 0.717) is 6.42 Å². The van der Waals surface area contributed by atoms with Crippen molar-refractivity contribution in [2.24, 2.45) is 17.6 Å². The van der Waals surface area contributed by atoms with E-state index in [1.165, 1.54) is 0 Å². The SMILES string of the molecule is CC(CC(C)C(O)O)C(N)=O. The first-order chi connectivity index (χ1) is 4.95. The maximum atomic E-state index is 10.5. The van der Waals surface area contributed by atoms with Gasteiger partial charge in [0.1, 0.15) is 0 Å². The Morgan fingerprint density at radius 2 is 1.91 bits per heavy atom. The van der Waals surface area contributed by atoms with Crippen LogP contribution in [0.4, 0.5) is 0 Å². The monoisotopic (exact) mass is 161 g/mol. The summed E-state index contributed by atoms with van der Waals surface area (Å²) >= 11 is 0. The second kappa shape index (κ2) is 4.31. The topological polar surface area (TPSA) is 83.6 Å². The third kappa shape index (κ3) is 3.95. The van der Waals surface area contributed by atoms with Crippen LogP contribution in [0, 0.1) is 11.8 Å². The quantitative estimate of drug-likeness (QED) is 0.483. The number of carbonyl (C=O) groups excluding carboxylic acids is 1. The first-order valence-electron chi connectivity index (χ1n) is 3.60. The minimum Gasteiger partial charge on any atom is -0.369 e. The molecule has 11 heavy (non-hydrogen) atoms. The normalized spacial score (nSPS) is 16.5. The van der Waals surface area contributed by atoms with Gasteiger partial charge in [-0.3, -0.25) is 4.79 Å². The third-order valence-corrected chi connectivity index (χ3v) is 1.72. The Morgan fingerprint density at radius 3 is 2.18 bits per heavy atom. The average molecular weight is 161 g/mol. The molecule has 0 heterocycles. The van der Waals surface area contributed by atoms with Gasteiger partial charge in [-0.25, -0.2) is 0 Å². The molecule has 0 radical (unpaired) electrons. The molecule has 0 rings (SSSR count). The predicted octanol–water partition coefficient (Wildman–Crippen LogP) is -0.555. The summed E-state index contributed by atoms with van der Waals surface area (Å²) in [5.74, 6) is -1.01. The lowest BCUT2D eigenvalue weighted by atomic mass is 9.96. The molecule has 0 bridgehead atoms. The van der Waals surface area contributed by atoms with Crippen molar-refractivity contribution in [1.82, 2.24) is 0 Å². The standard InChI is InChI=1S/C7H15NO3/c1-4(6(8)9)3-5(2)7(10)11/h4-5,7,10-11H,3H2,1-2H3,(H2,8,9). The van der Waals surface area contributed by atoms with Crippen LogP contribution in [0.5, 0.6) is 0 Å². The number of hydrogen-bond donors (Lipinski definition) is 3. The van der Waals surface area contributed by atoms with E-state index in [9.17, 15) is 4.79 Å². The van der Waals surface area contributed by atoms with Gasteiger partial charge in [0.15, 0.2) is 6.29 Å². The molecule has 0 saturated heterocycles. The Bertz CT molecular complexity index is 136. The Labute approximate surface area is 66.0 Å². The van der Waals surface area contributed by atoms with Gasteiger partial charge in [-0.15, -0.1) is 0 Å². The summed E-state index contributed by atoms with van der Waals surface area (Å²) < 4.78 is 0. The third-order valence-electron chi connectivity index (χ3n) is 1.72. The zero-order valence-corrected chi connectivity index (χ0v) is 6.82. The first kappa shape index (κ1) is 10.4. The molecule has 2 unspecified atom stereocenters. The number of aliphatic hydroxyl groups excluding tert-OH is 1. The molecule has 0 aliphatic carbocycles. The molecule has 0 aliphatic rings. The van der Waals surface area contributed by atoms with Crippen LogP contribution in [-0.4, -0.2) is 22.4 Å². The van der Waals surface area contributed by atoms with Gasteiger partial charge in [0.25, 0.3) is 0 Å². The predicted molar refractivity (Wildman–Crippen MR) is 40.4 cm³/mol. The fourth-order valence-electron chi connectivity index (χ4n) is 0.796. The molecule has 4 N–H and O–H groups in total. The maximum Gasteiger partial charge on any atom is 0.220 e. The molecular weight excluding hydrogens is 146 g/mol. The van der Waals surface area contributed by atoms with Crippen molar-refractivity contribution >= 4 is 5.91 Å². The highest BCUT2D eigenvalue weighted by atomic mass is 16.5. The average Bonchev–Trinajstić information content (AvgIpc) is 1.87. The summed E-state index contributed by atoms with van der Waals surface area (Å²) in [6.07, 6.45) is -0.954. The number of primary amides is 1. The van der Waals surface area contributed by atoms with Gasteiger partial charge in [0.05, 0.1) is 0 Å². The molecular formula is C7H15NO3. The lowest BCUT2D eigenvalue weighted by Crippen LogP contribution is -2.26. The van der Waals surface area contributed by atoms with Crippen LogP contribution in [0.2, 0.25) is 0 Å². The van der Waals surface area contributed by atoms with Crippen molar-refractivity contribution in [3.63, 3.8) is 0 Å². The Morgan fingerprint density at radius 1 is 1.45 bits per heavy atom. The molecule has 0 fully saturated rings. The summed E-state index contributed by atoms with van der Waals surface area (Å²) in [5.41, 5.74) is 4.98. The zero-order chi connectivity index (χ0) is 9.02. The Kier molecular flexibility index (Phi) is 4.07. The lowest BCUT2D eigenvalue weighted by molar-refractivity contribution is -0.123. The highest BCUT2D eigenvalue weighted by Gasteiger charge is 2.17. The summed E-state index contributed by atoms with van der Waals surface area (Å²) in [5, 5.41) is 17.3. The van der Waals surface area contributed by atoms with Gasteiger partial charge in [0.2, 0.25) is 5.91 Å². The van der Waals surface area contributed by atoms with Crippen LogP contribution in [0.15, 0.2) is 0 Å². The van der Waals surface area contributed by atoms with Gasteiger partial charge >= 0.3 is 0 Å². The molecule has 0 aromatic rings. The fourth-order valence-corrected chi connectivity index (χ4v) is 0.796. The van der Waals surface area contributed by atoms with Crippen molar-refractivity contribution in [2.75, 3.05) is 0 Å². The molecule has 0 saturated carbocycles. The van der Waals surface area contributed by atoms with E-state index in [1.807, 2.05) is 0 Å². The highest BCUT2D eigenvalue weighted by Crippen LogP contribution is 2.13. The van der Waals surface area contributed by atoms with Crippen molar-refractivity contribution in [2.45, 2.75) is 26.6 Å². The van der Waals surface area contributed by atoms with E-state index in [1.54, 1.807) is 13.8 Å². The van der Waals surface area contributed by atoms with Crippen LogP contribution < -0.4 is 5.73 Å². The molecule has 0 aromatic heterocycles. The zero-order valence-electron chi connectivity index (χ0n) is 6.82. The summed E-state index contributed by atoms with van der Waals surface area (Å²) in [6, 6.07) is 0. The second-order valence-electron chi connectivity index (χ2n) is 2.93. The second-order valence-corrected chi connectivity index (χ2v) is 2.93. The van der Waals surface area contributed by atoms with E-state index in [-0.39, 0.29) is 11.8 Å². The molecule has 0 aromatic carbocycles. The molecule has 1 amide bonds. The van der Waals surface area contributed by atoms with Crippen LogP contribution >= 0.6 is 0 Å². The van der Waals surface area contributed by atoms with Crippen LogP contribution in [0.3, 0.4) is 0 Å². The van der Waals surface area contributed by atoms with E-state index < -0.39 is 12.2 Å². The maximum absolute atomic E-state index is 10.5. The number of amides is 1. The number of hydrogen-bond acceptors (Lipinski definition) is 3. The molecule has 0 spiro atoms. The minimum atomic E-state index is -1.36. The minimum absolute atomic E-state index is 0.299. The van der Waals surface area contributed by atoms with Crippen molar-refractivity contribution in [3.8, 4) is 0 Å². The van der Waals surface area contributed by atoms with Crippen molar-refractivity contribution in [3.05, 3.63) is 0 Å². The van der Waals surface area contributed by atoms with E-state index in [2.05, 4.69) is 0 Å². The summed E-state index contributed by atoms with van der Waals surface area (Å²) in [4.78, 5) is 10.5. The smallest absolute Gasteiger partial charge is 0.220 e. The largest absolute Gasteiger partial charge is 0.369 e. The fraction of sp³-hybridized carbons (Fsp3) is 0.857. The lowest BCUT2D eigenvalue weighted by Gasteiger charge is -2.15. The van der Waals surface area contributed by atoms with Gasteiger partial charge < -0.3 is 15.9 Å². The summed E-state index contributed by atoms with van der Waals surface area (Å²) in [6.45, 7) is 3.32. The number of nitrogens with two attached hydrogens (primary N) is 1. The number of carbonyl (C=O) groups is 1. The van der Waals surface area contributed by atoms with Gasteiger partial charge in [-0.2, -0.15) is 0 Å². The van der Waals surface area contributed by atoms with Crippen molar-refractivity contribution < 1.29 is 15.0 Å². The Hall–Kier alpha value is -0.610. The van der Waals surface area contributed by atoms with Gasteiger partial charge in [0, 0.05) is 11.8 Å². The Balaban J connectivity index is 3.75. The molecule has 4 heteroatoms. The summed E-state index contributed by atoms with van der Waals surface area (Å²) in [7, 11) is 0. The van der Waals surface area contributed by atoms with Gasteiger partial charge in [-0.05, 0) is 6.42 Å². The molecule has 4 nitrogen and oxygen atoms in total. The van der Waals surface area contributed by atoms with E-state index in [0.717, 1.165) is 0 Å². The molecule has 0 aliphatic heterocycles. The van der Waals surface area contributed by atoms with Crippen LogP contribution in [0.25, 0.3) is 0 Å². The van der Waals surface area contributed by atoms with Crippen molar-refractivity contribution in [1.29, 1.82) is 0 Å². The van der Waals surface area contributed by atoms with Gasteiger partial charge in [-0.1, -0.05) is 13.8 Å². The number of aliphatic hydroxyl groups is 2. The van der Waals surface area contributed by atoms with Crippen LogP contribution in [-0.2, 0) is 4.79 Å². The highest BCUT2D eigenvalue weighted by molar-refractivity contribution is 5.76. The number of rotatable bonds is 4. The molecule has 66 valence electrons. The van der Waals surface area contributed by atoms with E-state index >= 15 is 0 Å². The molecule has 2 atom stereocenters.